The molecule has 0 fully saturated rings. The SMILES string of the molecule is CC(C)c1ccc(NC(=O)NC(C(=O)NCCC(c2ccccc2)c2ccccc2)C(C)C)cc1. The van der Waals surface area contributed by atoms with E-state index in [-0.39, 0.29) is 23.8 Å². The molecule has 3 amide bonds. The Morgan fingerprint density at radius 2 is 1.26 bits per heavy atom. The highest BCUT2D eigenvalue weighted by Gasteiger charge is 2.24. The highest BCUT2D eigenvalue weighted by molar-refractivity contribution is 5.93. The normalized spacial score (nSPS) is 12.0. The Bertz CT molecular complexity index is 1020. The zero-order chi connectivity index (χ0) is 25.2. The highest BCUT2D eigenvalue weighted by Crippen LogP contribution is 2.27. The van der Waals surface area contributed by atoms with E-state index in [9.17, 15) is 9.59 Å². The molecular weight excluding hydrogens is 434 g/mol. The molecule has 0 aliphatic carbocycles. The molecule has 0 heterocycles. The molecule has 0 radical (unpaired) electrons. The van der Waals surface area contributed by atoms with Gasteiger partial charge in [-0.15, -0.1) is 0 Å². The standard InChI is InChI=1S/C30H37N3O2/c1-21(2)23-15-17-26(18-16-23)32-30(35)33-28(22(3)4)29(34)31-20-19-27(24-11-7-5-8-12-24)25-13-9-6-10-14-25/h5-18,21-22,27-28H,19-20H2,1-4H3,(H,31,34)(H2,32,33,35). The molecule has 0 spiro atoms. The molecule has 1 unspecified atom stereocenters. The van der Waals surface area contributed by atoms with Crippen LogP contribution in [0.1, 0.15) is 62.6 Å². The van der Waals surface area contributed by atoms with Gasteiger partial charge in [-0.3, -0.25) is 4.79 Å². The van der Waals surface area contributed by atoms with Crippen molar-refractivity contribution in [2.24, 2.45) is 5.92 Å². The van der Waals surface area contributed by atoms with Crippen molar-refractivity contribution in [2.75, 3.05) is 11.9 Å². The number of hydrogen-bond donors (Lipinski definition) is 3. The van der Waals surface area contributed by atoms with Gasteiger partial charge in [-0.05, 0) is 47.1 Å². The molecule has 5 heteroatoms. The Kier molecular flexibility index (Phi) is 9.47. The third-order valence-corrected chi connectivity index (χ3v) is 6.21. The van der Waals surface area contributed by atoms with Gasteiger partial charge in [0.15, 0.2) is 0 Å². The van der Waals surface area contributed by atoms with E-state index in [4.69, 9.17) is 0 Å². The smallest absolute Gasteiger partial charge is 0.319 e. The van der Waals surface area contributed by atoms with Crippen LogP contribution in [0.4, 0.5) is 10.5 Å². The molecule has 3 rings (SSSR count). The molecule has 5 nitrogen and oxygen atoms in total. The lowest BCUT2D eigenvalue weighted by Crippen LogP contribution is -2.51. The van der Waals surface area contributed by atoms with Gasteiger partial charge in [-0.1, -0.05) is 100 Å². The van der Waals surface area contributed by atoms with Crippen molar-refractivity contribution < 1.29 is 9.59 Å². The first-order valence-corrected chi connectivity index (χ1v) is 12.4. The first-order valence-electron chi connectivity index (χ1n) is 12.4. The Labute approximate surface area is 209 Å². The fraction of sp³-hybridized carbons (Fsp3) is 0.333. The molecule has 0 bridgehead atoms. The number of urea groups is 1. The third-order valence-electron chi connectivity index (χ3n) is 6.21. The summed E-state index contributed by atoms with van der Waals surface area (Å²) in [5.41, 5.74) is 4.34. The molecule has 3 N–H and O–H groups in total. The minimum atomic E-state index is -0.628. The van der Waals surface area contributed by atoms with Crippen molar-refractivity contribution in [3.05, 3.63) is 102 Å². The average Bonchev–Trinajstić information content (AvgIpc) is 2.86. The summed E-state index contributed by atoms with van der Waals surface area (Å²) in [5.74, 6) is 0.379. The first-order chi connectivity index (χ1) is 16.8. The van der Waals surface area contributed by atoms with E-state index in [0.29, 0.717) is 18.2 Å². The minimum Gasteiger partial charge on any atom is -0.354 e. The number of anilines is 1. The third kappa shape index (κ3) is 7.71. The van der Waals surface area contributed by atoms with E-state index in [1.54, 1.807) is 0 Å². The van der Waals surface area contributed by atoms with Crippen LogP contribution in [0.15, 0.2) is 84.9 Å². The summed E-state index contributed by atoms with van der Waals surface area (Å²) in [6.45, 7) is 8.62. The average molecular weight is 472 g/mol. The van der Waals surface area contributed by atoms with Crippen molar-refractivity contribution in [1.29, 1.82) is 0 Å². The maximum Gasteiger partial charge on any atom is 0.319 e. The van der Waals surface area contributed by atoms with Gasteiger partial charge in [0.25, 0.3) is 0 Å². The molecule has 0 aromatic heterocycles. The zero-order valence-electron chi connectivity index (χ0n) is 21.1. The molecule has 3 aromatic carbocycles. The van der Waals surface area contributed by atoms with E-state index < -0.39 is 6.04 Å². The Morgan fingerprint density at radius 1 is 0.714 bits per heavy atom. The highest BCUT2D eigenvalue weighted by atomic mass is 16.2. The summed E-state index contributed by atoms with van der Waals surface area (Å²) in [6, 6.07) is 27.4. The molecular formula is C30H37N3O2. The van der Waals surface area contributed by atoms with Gasteiger partial charge < -0.3 is 16.0 Å². The van der Waals surface area contributed by atoms with Gasteiger partial charge in [-0.25, -0.2) is 4.79 Å². The summed E-state index contributed by atoms with van der Waals surface area (Å²) in [5, 5.41) is 8.72. The van der Waals surface area contributed by atoms with Crippen molar-refractivity contribution in [3.8, 4) is 0 Å². The monoisotopic (exact) mass is 471 g/mol. The molecule has 3 aromatic rings. The van der Waals surface area contributed by atoms with Gasteiger partial charge in [-0.2, -0.15) is 0 Å². The predicted molar refractivity (Wildman–Crippen MR) is 144 cm³/mol. The molecule has 0 saturated heterocycles. The summed E-state index contributed by atoms with van der Waals surface area (Å²) < 4.78 is 0. The van der Waals surface area contributed by atoms with Crippen LogP contribution in [-0.2, 0) is 4.79 Å². The fourth-order valence-corrected chi connectivity index (χ4v) is 4.14. The van der Waals surface area contributed by atoms with Crippen LogP contribution in [0.3, 0.4) is 0 Å². The van der Waals surface area contributed by atoms with Gasteiger partial charge in [0, 0.05) is 18.2 Å². The van der Waals surface area contributed by atoms with Crippen LogP contribution in [0.25, 0.3) is 0 Å². The van der Waals surface area contributed by atoms with Crippen LogP contribution < -0.4 is 16.0 Å². The second kappa shape index (κ2) is 12.7. The quantitative estimate of drug-likeness (QED) is 0.325. The van der Waals surface area contributed by atoms with Gasteiger partial charge in [0.2, 0.25) is 5.91 Å². The van der Waals surface area contributed by atoms with Gasteiger partial charge in [0.1, 0.15) is 6.04 Å². The second-order valence-electron chi connectivity index (χ2n) is 9.55. The summed E-state index contributed by atoms with van der Waals surface area (Å²) >= 11 is 0. The maximum absolute atomic E-state index is 13.0. The number of carbonyl (C=O) groups is 2. The van der Waals surface area contributed by atoms with Crippen LogP contribution in [0, 0.1) is 5.92 Å². The maximum atomic E-state index is 13.0. The van der Waals surface area contributed by atoms with Crippen molar-refractivity contribution in [3.63, 3.8) is 0 Å². The number of amides is 3. The molecule has 35 heavy (non-hydrogen) atoms. The number of hydrogen-bond acceptors (Lipinski definition) is 2. The molecule has 184 valence electrons. The molecule has 0 saturated carbocycles. The Hall–Kier alpha value is -3.60. The minimum absolute atomic E-state index is 0.0527. The number of nitrogens with one attached hydrogen (secondary N) is 3. The van der Waals surface area contributed by atoms with Crippen LogP contribution in [-0.4, -0.2) is 24.5 Å². The van der Waals surface area contributed by atoms with Crippen LogP contribution in [0.5, 0.6) is 0 Å². The van der Waals surface area contributed by atoms with Gasteiger partial charge >= 0.3 is 6.03 Å². The van der Waals surface area contributed by atoms with E-state index in [1.807, 2.05) is 74.5 Å². The number of rotatable bonds is 10. The van der Waals surface area contributed by atoms with Crippen molar-refractivity contribution >= 4 is 17.6 Å². The summed E-state index contributed by atoms with van der Waals surface area (Å²) in [6.07, 6.45) is 0.763. The van der Waals surface area contributed by atoms with Gasteiger partial charge in [0.05, 0.1) is 0 Å². The van der Waals surface area contributed by atoms with Crippen molar-refractivity contribution in [2.45, 2.75) is 52.0 Å². The molecule has 0 aliphatic rings. The largest absolute Gasteiger partial charge is 0.354 e. The van der Waals surface area contributed by atoms with Crippen LogP contribution >= 0.6 is 0 Å². The lowest BCUT2D eigenvalue weighted by molar-refractivity contribution is -0.123. The number of carbonyl (C=O) groups excluding carboxylic acids is 2. The Morgan fingerprint density at radius 3 is 1.74 bits per heavy atom. The van der Waals surface area contributed by atoms with E-state index in [0.717, 1.165) is 6.42 Å². The fourth-order valence-electron chi connectivity index (χ4n) is 4.14. The first kappa shape index (κ1) is 26.0. The lowest BCUT2D eigenvalue weighted by Gasteiger charge is -2.23. The summed E-state index contributed by atoms with van der Waals surface area (Å²) in [7, 11) is 0. The zero-order valence-corrected chi connectivity index (χ0v) is 21.1. The second-order valence-corrected chi connectivity index (χ2v) is 9.55. The van der Waals surface area contributed by atoms with E-state index >= 15 is 0 Å². The van der Waals surface area contributed by atoms with E-state index in [2.05, 4.69) is 54.1 Å². The van der Waals surface area contributed by atoms with Crippen LogP contribution in [0.2, 0.25) is 0 Å². The van der Waals surface area contributed by atoms with Crippen molar-refractivity contribution in [1.82, 2.24) is 10.6 Å². The number of benzene rings is 3. The summed E-state index contributed by atoms with van der Waals surface area (Å²) in [4.78, 5) is 25.6. The topological polar surface area (TPSA) is 70.2 Å². The molecule has 1 atom stereocenters. The molecule has 0 aliphatic heterocycles. The predicted octanol–water partition coefficient (Wildman–Crippen LogP) is 6.29. The van der Waals surface area contributed by atoms with E-state index in [1.165, 1.54) is 16.7 Å². The Balaban J connectivity index is 1.58. The lowest BCUT2D eigenvalue weighted by atomic mass is 9.88.